The van der Waals surface area contributed by atoms with E-state index in [1.165, 1.54) is 0 Å². The highest BCUT2D eigenvalue weighted by Gasteiger charge is 2.18. The van der Waals surface area contributed by atoms with Gasteiger partial charge in [0.2, 0.25) is 10.0 Å². The van der Waals surface area contributed by atoms with E-state index in [9.17, 15) is 8.42 Å². The maximum atomic E-state index is 12.1. The number of hydrogen-bond donors (Lipinski definition) is 1. The van der Waals surface area contributed by atoms with Crippen molar-refractivity contribution in [3.05, 3.63) is 52.3 Å². The quantitative estimate of drug-likeness (QED) is 0.873. The summed E-state index contributed by atoms with van der Waals surface area (Å²) in [7, 11) is -3.45. The van der Waals surface area contributed by atoms with Gasteiger partial charge in [0.15, 0.2) is 0 Å². The summed E-state index contributed by atoms with van der Waals surface area (Å²) in [4.78, 5) is 0. The van der Waals surface area contributed by atoms with Gasteiger partial charge in [0, 0.05) is 28.5 Å². The predicted octanol–water partition coefficient (Wildman–Crippen LogP) is 2.87. The number of aryl methyl sites for hydroxylation is 1. The van der Waals surface area contributed by atoms with E-state index in [1.54, 1.807) is 48.3 Å². The summed E-state index contributed by atoms with van der Waals surface area (Å²) in [5.41, 5.74) is 0.645. The Labute approximate surface area is 133 Å². The van der Waals surface area contributed by atoms with Gasteiger partial charge in [-0.25, -0.2) is 13.1 Å². The van der Waals surface area contributed by atoms with Crippen LogP contribution in [0.15, 0.2) is 36.7 Å². The van der Waals surface area contributed by atoms with E-state index >= 15 is 0 Å². The minimum atomic E-state index is -3.45. The van der Waals surface area contributed by atoms with Crippen LogP contribution >= 0.6 is 23.2 Å². The molecule has 0 saturated carbocycles. The summed E-state index contributed by atoms with van der Waals surface area (Å²) < 4.78 is 28.3. The smallest absolute Gasteiger partial charge is 0.213 e. The highest BCUT2D eigenvalue weighted by atomic mass is 35.5. The van der Waals surface area contributed by atoms with Crippen molar-refractivity contribution in [2.75, 3.05) is 5.75 Å². The second-order valence-electron chi connectivity index (χ2n) is 4.59. The van der Waals surface area contributed by atoms with Crippen LogP contribution in [0.5, 0.6) is 0 Å². The number of nitrogens with one attached hydrogen (secondary N) is 1. The molecule has 0 spiro atoms. The summed E-state index contributed by atoms with van der Waals surface area (Å²) in [5.74, 6) is -0.0583. The van der Waals surface area contributed by atoms with Crippen molar-refractivity contribution in [3.8, 4) is 0 Å². The SMILES string of the molecule is C[C@H](NS(=O)(=O)CCn1cccn1)c1cc(Cl)ccc1Cl. The Kier molecular flexibility index (Phi) is 5.27. The third-order valence-corrected chi connectivity index (χ3v) is 4.94. The van der Waals surface area contributed by atoms with Gasteiger partial charge in [-0.15, -0.1) is 0 Å². The Balaban J connectivity index is 2.03. The van der Waals surface area contributed by atoms with Gasteiger partial charge in [-0.05, 0) is 36.8 Å². The van der Waals surface area contributed by atoms with Gasteiger partial charge >= 0.3 is 0 Å². The molecule has 0 aliphatic heterocycles. The van der Waals surface area contributed by atoms with Gasteiger partial charge in [0.05, 0.1) is 12.3 Å². The number of hydrogen-bond acceptors (Lipinski definition) is 3. The molecule has 2 rings (SSSR count). The Bertz CT molecular complexity index is 702. The number of rotatable bonds is 6. The van der Waals surface area contributed by atoms with Crippen LogP contribution in [0.3, 0.4) is 0 Å². The molecule has 8 heteroatoms. The molecule has 0 bridgehead atoms. The fourth-order valence-corrected chi connectivity index (χ4v) is 3.56. The molecule has 0 saturated heterocycles. The van der Waals surface area contributed by atoms with Crippen molar-refractivity contribution in [1.82, 2.24) is 14.5 Å². The lowest BCUT2D eigenvalue weighted by Crippen LogP contribution is -2.31. The Morgan fingerprint density at radius 1 is 1.38 bits per heavy atom. The molecule has 0 aliphatic carbocycles. The largest absolute Gasteiger partial charge is 0.272 e. The molecular formula is C13H15Cl2N3O2S. The summed E-state index contributed by atoms with van der Waals surface area (Å²) in [6, 6.07) is 6.25. The summed E-state index contributed by atoms with van der Waals surface area (Å²) in [6.07, 6.45) is 3.32. The zero-order valence-electron chi connectivity index (χ0n) is 11.3. The summed E-state index contributed by atoms with van der Waals surface area (Å²) in [6.45, 7) is 2.02. The first-order chi connectivity index (χ1) is 9.87. The van der Waals surface area contributed by atoms with Gasteiger partial charge in [0.1, 0.15) is 0 Å². The van der Waals surface area contributed by atoms with Crippen molar-refractivity contribution < 1.29 is 8.42 Å². The van der Waals surface area contributed by atoms with E-state index in [4.69, 9.17) is 23.2 Å². The second-order valence-corrected chi connectivity index (χ2v) is 7.31. The molecular weight excluding hydrogens is 333 g/mol. The van der Waals surface area contributed by atoms with Gasteiger partial charge in [-0.3, -0.25) is 4.68 Å². The minimum absolute atomic E-state index is 0.0583. The number of nitrogens with zero attached hydrogens (tertiary/aromatic N) is 2. The van der Waals surface area contributed by atoms with Crippen LogP contribution < -0.4 is 4.72 Å². The average molecular weight is 348 g/mol. The number of benzene rings is 1. The number of aromatic nitrogens is 2. The fraction of sp³-hybridized carbons (Fsp3) is 0.308. The minimum Gasteiger partial charge on any atom is -0.272 e. The van der Waals surface area contributed by atoms with Gasteiger partial charge in [-0.2, -0.15) is 5.10 Å². The molecule has 2 aromatic rings. The molecule has 1 N–H and O–H groups in total. The highest BCUT2D eigenvalue weighted by Crippen LogP contribution is 2.26. The van der Waals surface area contributed by atoms with E-state index in [1.807, 2.05) is 0 Å². The molecule has 0 amide bonds. The van der Waals surface area contributed by atoms with Crippen molar-refractivity contribution in [1.29, 1.82) is 0 Å². The molecule has 1 heterocycles. The first-order valence-corrected chi connectivity index (χ1v) is 8.70. The second kappa shape index (κ2) is 6.79. The van der Waals surface area contributed by atoms with Crippen LogP contribution in [0, 0.1) is 0 Å². The molecule has 1 aromatic heterocycles. The molecule has 1 aromatic carbocycles. The van der Waals surface area contributed by atoms with Crippen LogP contribution in [-0.4, -0.2) is 24.0 Å². The zero-order chi connectivity index (χ0) is 15.5. The lowest BCUT2D eigenvalue weighted by molar-refractivity contribution is 0.554. The fourth-order valence-electron chi connectivity index (χ4n) is 1.88. The van der Waals surface area contributed by atoms with Gasteiger partial charge < -0.3 is 0 Å². The topological polar surface area (TPSA) is 64.0 Å². The predicted molar refractivity (Wildman–Crippen MR) is 84.0 cm³/mol. The van der Waals surface area contributed by atoms with Gasteiger partial charge in [-0.1, -0.05) is 23.2 Å². The van der Waals surface area contributed by atoms with Crippen LogP contribution in [0.1, 0.15) is 18.5 Å². The van der Waals surface area contributed by atoms with Crippen LogP contribution in [0.2, 0.25) is 10.0 Å². The van der Waals surface area contributed by atoms with Crippen LogP contribution in [0.25, 0.3) is 0 Å². The Morgan fingerprint density at radius 3 is 2.81 bits per heavy atom. The van der Waals surface area contributed by atoms with Crippen LogP contribution in [-0.2, 0) is 16.6 Å². The molecule has 0 unspecified atom stereocenters. The van der Waals surface area contributed by atoms with Crippen LogP contribution in [0.4, 0.5) is 0 Å². The standard InChI is InChI=1S/C13H15Cl2N3O2S/c1-10(12-9-11(14)3-4-13(12)15)17-21(19,20)8-7-18-6-2-5-16-18/h2-6,9-10,17H,7-8H2,1H3/t10-/m0/s1. The van der Waals surface area contributed by atoms with Crippen molar-refractivity contribution in [2.24, 2.45) is 0 Å². The normalized spacial score (nSPS) is 13.3. The van der Waals surface area contributed by atoms with E-state index in [0.717, 1.165) is 0 Å². The molecule has 0 radical (unpaired) electrons. The van der Waals surface area contributed by atoms with Crippen molar-refractivity contribution >= 4 is 33.2 Å². The molecule has 0 fully saturated rings. The maximum absolute atomic E-state index is 12.1. The lowest BCUT2D eigenvalue weighted by Gasteiger charge is -2.16. The maximum Gasteiger partial charge on any atom is 0.213 e. The lowest BCUT2D eigenvalue weighted by atomic mass is 10.1. The third kappa shape index (κ3) is 4.71. The Hall–Kier alpha value is -1.08. The monoisotopic (exact) mass is 347 g/mol. The molecule has 1 atom stereocenters. The number of halogens is 2. The highest BCUT2D eigenvalue weighted by molar-refractivity contribution is 7.89. The van der Waals surface area contributed by atoms with Crippen molar-refractivity contribution in [3.63, 3.8) is 0 Å². The van der Waals surface area contributed by atoms with Gasteiger partial charge in [0.25, 0.3) is 0 Å². The molecule has 114 valence electrons. The first kappa shape index (κ1) is 16.3. The summed E-state index contributed by atoms with van der Waals surface area (Å²) >= 11 is 12.0. The third-order valence-electron chi connectivity index (χ3n) is 2.93. The average Bonchev–Trinajstić information content (AvgIpc) is 2.92. The summed E-state index contributed by atoms with van der Waals surface area (Å²) in [5, 5.41) is 4.95. The Morgan fingerprint density at radius 2 is 2.14 bits per heavy atom. The molecule has 5 nitrogen and oxygen atoms in total. The van der Waals surface area contributed by atoms with E-state index in [-0.39, 0.29) is 5.75 Å². The van der Waals surface area contributed by atoms with E-state index < -0.39 is 16.1 Å². The van der Waals surface area contributed by atoms with E-state index in [2.05, 4.69) is 9.82 Å². The molecule has 21 heavy (non-hydrogen) atoms. The number of sulfonamides is 1. The van der Waals surface area contributed by atoms with Crippen molar-refractivity contribution in [2.45, 2.75) is 19.5 Å². The molecule has 0 aliphatic rings. The van der Waals surface area contributed by atoms with E-state index in [0.29, 0.717) is 22.2 Å². The zero-order valence-corrected chi connectivity index (χ0v) is 13.7. The first-order valence-electron chi connectivity index (χ1n) is 6.30.